The minimum atomic E-state index is -0.692. The molecule has 0 saturated carbocycles. The molecule has 3 amide bonds. The molecule has 12 heteroatoms. The highest BCUT2D eigenvalue weighted by Crippen LogP contribution is 2.35. The third-order valence-corrected chi connectivity index (χ3v) is 6.85. The summed E-state index contributed by atoms with van der Waals surface area (Å²) in [6.45, 7) is 1.37. The second kappa shape index (κ2) is 14.0. The fourth-order valence-electron chi connectivity index (χ4n) is 4.62. The van der Waals surface area contributed by atoms with Crippen LogP contribution in [-0.4, -0.2) is 51.9 Å². The molecule has 4 rings (SSSR count). The monoisotopic (exact) mass is 612 g/mol. The summed E-state index contributed by atoms with van der Waals surface area (Å²) in [5.41, 5.74) is 6.92. The molecule has 4 aromatic carbocycles. The largest absolute Gasteiger partial charge is 0.495 e. The second-order valence-corrected chi connectivity index (χ2v) is 9.49. The lowest BCUT2D eigenvalue weighted by Crippen LogP contribution is -2.22. The second-order valence-electron chi connectivity index (χ2n) is 9.49. The van der Waals surface area contributed by atoms with Crippen molar-refractivity contribution < 1.29 is 38.1 Å². The van der Waals surface area contributed by atoms with Crippen LogP contribution in [0.1, 0.15) is 48.4 Å². The zero-order chi connectivity index (χ0) is 32.7. The van der Waals surface area contributed by atoms with E-state index in [1.807, 2.05) is 0 Å². The van der Waals surface area contributed by atoms with Crippen LogP contribution < -0.4 is 40.6 Å². The number of carbonyl (C=O) groups excluding carboxylic acids is 4. The number of Topliss-reactive ketones (excluding diaryl/α,β-unsaturated/α-hetero) is 1. The van der Waals surface area contributed by atoms with E-state index in [2.05, 4.69) is 16.0 Å². The summed E-state index contributed by atoms with van der Waals surface area (Å²) in [6.07, 6.45) is 0. The van der Waals surface area contributed by atoms with Crippen molar-refractivity contribution in [2.45, 2.75) is 6.92 Å². The number of nitrogens with one attached hydrogen (secondary N) is 3. The quantitative estimate of drug-likeness (QED) is 0.130. The van der Waals surface area contributed by atoms with Gasteiger partial charge in [-0.2, -0.15) is 0 Å². The third kappa shape index (κ3) is 6.64. The lowest BCUT2D eigenvalue weighted by Gasteiger charge is -2.19. The van der Waals surface area contributed by atoms with Gasteiger partial charge in [0.15, 0.2) is 5.78 Å². The normalized spacial score (nSPS) is 10.3. The maximum atomic E-state index is 13.8. The fourth-order valence-corrected chi connectivity index (χ4v) is 4.62. The number of benzene rings is 4. The van der Waals surface area contributed by atoms with Crippen LogP contribution in [0.15, 0.2) is 72.8 Å². The molecule has 4 aromatic rings. The summed E-state index contributed by atoms with van der Waals surface area (Å²) in [6, 6.07) is 18.8. The van der Waals surface area contributed by atoms with E-state index in [1.54, 1.807) is 54.6 Å². The first kappa shape index (κ1) is 31.9. The molecule has 0 unspecified atom stereocenters. The number of ether oxygens (including phenoxy) is 4. The lowest BCUT2D eigenvalue weighted by atomic mass is 10.1. The van der Waals surface area contributed by atoms with Crippen LogP contribution in [0.25, 0.3) is 0 Å². The number of nitrogen functional groups attached to an aromatic ring is 1. The summed E-state index contributed by atoms with van der Waals surface area (Å²) >= 11 is 0. The molecule has 0 saturated heterocycles. The van der Waals surface area contributed by atoms with Crippen LogP contribution in [0.4, 0.5) is 22.7 Å². The van der Waals surface area contributed by atoms with Crippen LogP contribution in [0.5, 0.6) is 23.0 Å². The van der Waals surface area contributed by atoms with Gasteiger partial charge in [-0.25, -0.2) is 0 Å². The number of para-hydroxylation sites is 4. The Bertz CT molecular complexity index is 1790. The molecule has 0 aliphatic rings. The lowest BCUT2D eigenvalue weighted by molar-refractivity contribution is 0.100. The predicted molar refractivity (Wildman–Crippen MR) is 170 cm³/mol. The number of carbonyl (C=O) groups is 4. The van der Waals surface area contributed by atoms with Gasteiger partial charge in [-0.1, -0.05) is 24.3 Å². The molecule has 0 fully saturated rings. The van der Waals surface area contributed by atoms with E-state index in [-0.39, 0.29) is 68.0 Å². The number of amides is 3. The molecule has 0 heterocycles. The highest BCUT2D eigenvalue weighted by molar-refractivity contribution is 6.18. The molecule has 0 bridgehead atoms. The van der Waals surface area contributed by atoms with E-state index in [0.29, 0.717) is 5.75 Å². The first-order chi connectivity index (χ1) is 21.6. The number of rotatable bonds is 11. The van der Waals surface area contributed by atoms with Gasteiger partial charge in [0.1, 0.15) is 23.0 Å². The van der Waals surface area contributed by atoms with Crippen LogP contribution in [0.2, 0.25) is 0 Å². The smallest absolute Gasteiger partial charge is 0.258 e. The number of hydrogen-bond acceptors (Lipinski definition) is 9. The summed E-state index contributed by atoms with van der Waals surface area (Å²) < 4.78 is 21.5. The Morgan fingerprint density at radius 1 is 0.489 bits per heavy atom. The Morgan fingerprint density at radius 2 is 0.800 bits per heavy atom. The van der Waals surface area contributed by atoms with Gasteiger partial charge in [-0.05, 0) is 55.5 Å². The highest BCUT2D eigenvalue weighted by atomic mass is 16.5. The first-order valence-electron chi connectivity index (χ1n) is 13.5. The van der Waals surface area contributed by atoms with E-state index < -0.39 is 17.7 Å². The molecule has 45 heavy (non-hydrogen) atoms. The molecule has 0 radical (unpaired) electrons. The van der Waals surface area contributed by atoms with E-state index >= 15 is 0 Å². The molecule has 12 nitrogen and oxygen atoms in total. The van der Waals surface area contributed by atoms with Crippen molar-refractivity contribution in [3.63, 3.8) is 0 Å². The first-order valence-corrected chi connectivity index (χ1v) is 13.5. The van der Waals surface area contributed by atoms with Crippen LogP contribution in [0, 0.1) is 0 Å². The van der Waals surface area contributed by atoms with Crippen molar-refractivity contribution in [2.75, 3.05) is 50.1 Å². The van der Waals surface area contributed by atoms with Crippen LogP contribution in [-0.2, 0) is 0 Å². The Balaban J connectivity index is 1.72. The number of nitrogens with two attached hydrogens (primary N) is 1. The maximum Gasteiger partial charge on any atom is 0.258 e. The summed E-state index contributed by atoms with van der Waals surface area (Å²) in [5.74, 6) is -1.27. The van der Waals surface area contributed by atoms with Gasteiger partial charge < -0.3 is 40.6 Å². The van der Waals surface area contributed by atoms with Crippen molar-refractivity contribution in [2.24, 2.45) is 0 Å². The van der Waals surface area contributed by atoms with Crippen molar-refractivity contribution in [3.8, 4) is 23.0 Å². The number of methoxy groups -OCH3 is 4. The zero-order valence-corrected chi connectivity index (χ0v) is 25.3. The molecule has 0 aromatic heterocycles. The molecule has 0 aliphatic carbocycles. The minimum absolute atomic E-state index is 0.0185. The summed E-state index contributed by atoms with van der Waals surface area (Å²) in [7, 11) is 5.62. The average molecular weight is 613 g/mol. The van der Waals surface area contributed by atoms with Gasteiger partial charge in [0.25, 0.3) is 17.7 Å². The standard InChI is InChI=1S/C33H32N4O8/c1-18(38)19-10-6-15-24(43-3)28(19)35-32(40)22-13-9-17-26(45-5)30(22)37-33(41)21-12-8-16-25(44-4)29(21)36-31(39)20-11-7-14-23(42-2)27(20)34/h6-17H,34H2,1-5H3,(H,35,40)(H,36,39)(H,37,41). The molecule has 0 spiro atoms. The van der Waals surface area contributed by atoms with Gasteiger partial charge in [0.05, 0.1) is 67.9 Å². The number of hydrogen-bond donors (Lipinski definition) is 4. The van der Waals surface area contributed by atoms with Gasteiger partial charge >= 0.3 is 0 Å². The molecular weight excluding hydrogens is 580 g/mol. The molecule has 0 atom stereocenters. The van der Waals surface area contributed by atoms with E-state index in [0.717, 1.165) is 0 Å². The SMILES string of the molecule is COc1cccc(C(=O)Nc2c(OC)cccc2C(=O)Nc2c(OC)cccc2C(=O)Nc2c(OC)cccc2C(C)=O)c1N. The molecular formula is C33H32N4O8. The average Bonchev–Trinajstić information content (AvgIpc) is 3.04. The van der Waals surface area contributed by atoms with Crippen molar-refractivity contribution in [1.29, 1.82) is 0 Å². The van der Waals surface area contributed by atoms with Crippen molar-refractivity contribution in [1.82, 2.24) is 0 Å². The topological polar surface area (TPSA) is 167 Å². The van der Waals surface area contributed by atoms with Gasteiger partial charge in [0.2, 0.25) is 0 Å². The van der Waals surface area contributed by atoms with Crippen molar-refractivity contribution >= 4 is 46.3 Å². The minimum Gasteiger partial charge on any atom is -0.495 e. The third-order valence-electron chi connectivity index (χ3n) is 6.85. The van der Waals surface area contributed by atoms with E-state index in [9.17, 15) is 19.2 Å². The Morgan fingerprint density at radius 3 is 1.18 bits per heavy atom. The number of anilines is 4. The molecule has 232 valence electrons. The Labute approximate surface area is 259 Å². The van der Waals surface area contributed by atoms with Crippen LogP contribution >= 0.6 is 0 Å². The van der Waals surface area contributed by atoms with Crippen molar-refractivity contribution in [3.05, 3.63) is 95.1 Å². The summed E-state index contributed by atoms with van der Waals surface area (Å²) in [5, 5.41) is 8.19. The highest BCUT2D eigenvalue weighted by Gasteiger charge is 2.25. The molecule has 5 N–H and O–H groups in total. The Kier molecular flexibility index (Phi) is 9.89. The van der Waals surface area contributed by atoms with Gasteiger partial charge in [-0.3, -0.25) is 19.2 Å². The zero-order valence-electron chi connectivity index (χ0n) is 25.3. The molecule has 0 aliphatic heterocycles. The predicted octanol–water partition coefficient (Wildman–Crippen LogP) is 5.26. The maximum absolute atomic E-state index is 13.8. The van der Waals surface area contributed by atoms with Crippen LogP contribution in [0.3, 0.4) is 0 Å². The van der Waals surface area contributed by atoms with E-state index in [4.69, 9.17) is 24.7 Å². The van der Waals surface area contributed by atoms with Gasteiger partial charge in [0, 0.05) is 5.56 Å². The number of ketones is 1. The Hall–Kier alpha value is -6.04. The van der Waals surface area contributed by atoms with Gasteiger partial charge in [-0.15, -0.1) is 0 Å². The fraction of sp³-hybridized carbons (Fsp3) is 0.152. The van der Waals surface area contributed by atoms with E-state index in [1.165, 1.54) is 53.6 Å². The summed E-state index contributed by atoms with van der Waals surface area (Å²) in [4.78, 5) is 53.0.